The molecule has 18 atom stereocenters. The molecule has 3 aromatic rings. The maximum atomic E-state index is 14.9. The zero-order chi connectivity index (χ0) is 59.9. The molecule has 0 aliphatic carbocycles. The van der Waals surface area contributed by atoms with Gasteiger partial charge in [-0.3, -0.25) is 4.79 Å². The van der Waals surface area contributed by atoms with E-state index < -0.39 is 109 Å². The first-order valence-electron chi connectivity index (χ1n) is 29.5. The van der Waals surface area contributed by atoms with Gasteiger partial charge in [-0.05, 0) is 67.5 Å². The fourth-order valence-corrected chi connectivity index (χ4v) is 19.1. The molecule has 3 aliphatic rings. The van der Waals surface area contributed by atoms with E-state index in [2.05, 4.69) is 36.4 Å². The number of carbonyl (C=O) groups excluding carboxylic acids is 2. The number of aliphatic hydroxyl groups excluding tert-OH is 3. The number of halogens is 3. The Morgan fingerprint density at radius 2 is 1.28 bits per heavy atom. The van der Waals surface area contributed by atoms with Crippen molar-refractivity contribution in [2.45, 2.75) is 217 Å². The van der Waals surface area contributed by atoms with Crippen LogP contribution in [0, 0.1) is 23.7 Å². The molecule has 6 rings (SSSR count). The van der Waals surface area contributed by atoms with Crippen LogP contribution in [-0.2, 0) is 33.3 Å². The van der Waals surface area contributed by atoms with Gasteiger partial charge in [0.1, 0.15) is 18.3 Å². The van der Waals surface area contributed by atoms with Crippen LogP contribution in [0.4, 0.5) is 0 Å². The summed E-state index contributed by atoms with van der Waals surface area (Å²) in [5.74, 6) is -3.79. The van der Waals surface area contributed by atoms with Crippen LogP contribution in [0.3, 0.4) is 0 Å². The molecule has 3 aromatic carbocycles. The smallest absolute Gasteiger partial charge is 0.383 e. The molecule has 0 bridgehead atoms. The number of benzene rings is 3. The molecule has 18 heteroatoms. The Kier molecular flexibility index (Phi) is 24.0. The summed E-state index contributed by atoms with van der Waals surface area (Å²) in [4.78, 5) is 33.2. The molecule has 3 fully saturated rings. The van der Waals surface area contributed by atoms with E-state index in [0.29, 0.717) is 27.9 Å². The predicted molar refractivity (Wildman–Crippen MR) is 326 cm³/mol. The third-order valence-electron chi connectivity index (χ3n) is 18.5. The van der Waals surface area contributed by atoms with Crippen molar-refractivity contribution in [3.63, 3.8) is 0 Å². The summed E-state index contributed by atoms with van der Waals surface area (Å²) in [6.45, 7) is 17.7. The van der Waals surface area contributed by atoms with Crippen LogP contribution in [0.1, 0.15) is 133 Å². The fourth-order valence-electron chi connectivity index (χ4n) is 13.9. The second-order valence-corrected chi connectivity index (χ2v) is 30.4. The van der Waals surface area contributed by atoms with E-state index in [-0.39, 0.29) is 50.3 Å². The van der Waals surface area contributed by atoms with Crippen molar-refractivity contribution in [2.24, 2.45) is 23.7 Å². The number of cyclic esters (lactones) is 1. The first kappa shape index (κ1) is 67.6. The van der Waals surface area contributed by atoms with Crippen molar-refractivity contribution in [1.82, 2.24) is 9.80 Å². The zero-order valence-corrected chi connectivity index (χ0v) is 53.5. The van der Waals surface area contributed by atoms with Crippen LogP contribution in [0.15, 0.2) is 72.8 Å². The molecule has 0 spiro atoms. The number of amides is 1. The van der Waals surface area contributed by atoms with Crippen molar-refractivity contribution < 1.29 is 58.8 Å². The monoisotopic (exact) mass is 1210 g/mol. The van der Waals surface area contributed by atoms with Gasteiger partial charge in [-0.2, -0.15) is 0 Å². The normalized spacial score (nSPS) is 36.1. The third kappa shape index (κ3) is 15.7. The molecule has 14 nitrogen and oxygen atoms in total. The molecule has 1 unspecified atom stereocenters. The van der Waals surface area contributed by atoms with Crippen molar-refractivity contribution in [3.05, 3.63) is 87.9 Å². The number of carbonyl (C=O) groups is 2. The fraction of sp³-hybridized carbons (Fsp3) is 0.683. The van der Waals surface area contributed by atoms with E-state index in [4.69, 9.17) is 58.5 Å². The molecule has 456 valence electrons. The van der Waals surface area contributed by atoms with Gasteiger partial charge in [0.25, 0.3) is 0 Å². The van der Waals surface area contributed by atoms with Crippen molar-refractivity contribution in [1.29, 1.82) is 0 Å². The number of likely N-dealkylation sites (N-methyl/N-ethyl adjacent to an activating group) is 1. The third-order valence-corrected chi connectivity index (χ3v) is 24.4. The predicted octanol–water partition coefficient (Wildman–Crippen LogP) is 9.10. The molecule has 81 heavy (non-hydrogen) atoms. The van der Waals surface area contributed by atoms with Gasteiger partial charge in [-0.1, -0.05) is 20.8 Å². The molecule has 5 N–H and O–H groups in total. The second kappa shape index (κ2) is 28.8. The minimum absolute atomic E-state index is 0.0763. The molecular formula is C63H96Cl3N2O12P. The number of nitrogens with zero attached hydrogens (tertiary/aromatic N) is 2. The SMILES string of the molecule is CC[C@H]1OC(=O)[C@H](C)[C@@H](C2C[C@@](C)(OC)[C@@H](O)[C@H](C)O2)[C@H](C)[C@@H](O[C@@H]2O[C@H](C)C[C@H](N(C)C)[C@H]2O)[C@](C)(O)C[C@@H](C)CN(C(=O)CCCCCCC[PH](c2ccc(Cl)cc2)(c2ccc(Cl)cc2)c2ccc(Cl)cc2)[C@H](C)[C@@H](O)[C@]1(C)O. The van der Waals surface area contributed by atoms with Crippen molar-refractivity contribution in [3.8, 4) is 0 Å². The number of hydrogen-bond donors (Lipinski definition) is 5. The minimum atomic E-state index is -2.62. The Labute approximate surface area is 498 Å². The van der Waals surface area contributed by atoms with Crippen LogP contribution in [0.5, 0.6) is 0 Å². The van der Waals surface area contributed by atoms with Gasteiger partial charge in [0.15, 0.2) is 6.29 Å². The Morgan fingerprint density at radius 3 is 1.79 bits per heavy atom. The summed E-state index contributed by atoms with van der Waals surface area (Å²) >= 11 is 19.3. The Morgan fingerprint density at radius 1 is 0.765 bits per heavy atom. The first-order valence-corrected chi connectivity index (χ1v) is 32.8. The summed E-state index contributed by atoms with van der Waals surface area (Å²) in [5, 5.41) is 66.8. The van der Waals surface area contributed by atoms with Gasteiger partial charge >= 0.3 is 268 Å². The van der Waals surface area contributed by atoms with E-state index in [9.17, 15) is 35.1 Å². The van der Waals surface area contributed by atoms with E-state index in [0.717, 1.165) is 31.8 Å². The van der Waals surface area contributed by atoms with Gasteiger partial charge in [-0.15, -0.1) is 0 Å². The van der Waals surface area contributed by atoms with Crippen LogP contribution in [-0.4, -0.2) is 165 Å². The number of methoxy groups -OCH3 is 1. The standard InChI is InChI=1S/C63H96Cl3N2O12P/c1-14-52-63(10,75)56(71)42(6)68(53(69)20-18-16-15-17-19-33-81(47-27-21-44(64)22-28-47,48-29-23-45(65)24-30-48)49-31-25-46(66)26-32-49)37-38(2)35-61(8,74)58(80-60-55(70)50(67(11)12)34-39(3)77-60)40(4)54(41(5)59(73)79-52)51-36-62(9,76-13)57(72)43(7)78-51/h21-32,38-43,50-52,54-58,60,70-72,74-75,81H,14-20,33-37H2,1-13H3/t38-,39-,40+,41-,42-,43+,50+,51?,52-,54+,55-,56-,57+,58-,60+,61-,62-,63-/m1/s1. The Bertz CT molecular complexity index is 2360. The van der Waals surface area contributed by atoms with Crippen molar-refractivity contribution >= 4 is 69.9 Å². The van der Waals surface area contributed by atoms with Crippen LogP contribution >= 0.6 is 42.1 Å². The second-order valence-electron chi connectivity index (χ2n) is 25.1. The van der Waals surface area contributed by atoms with E-state index in [1.807, 2.05) is 76.2 Å². The van der Waals surface area contributed by atoms with Crippen LogP contribution < -0.4 is 15.9 Å². The van der Waals surface area contributed by atoms with Crippen LogP contribution in [0.25, 0.3) is 0 Å². The molecule has 3 heterocycles. The quantitative estimate of drug-likeness (QED) is 0.0490. The molecule has 3 aliphatic heterocycles. The summed E-state index contributed by atoms with van der Waals surface area (Å²) in [7, 11) is 2.67. The molecule has 0 radical (unpaired) electrons. The van der Waals surface area contributed by atoms with Gasteiger partial charge in [0, 0.05) is 25.5 Å². The van der Waals surface area contributed by atoms with Gasteiger partial charge in [0.2, 0.25) is 0 Å². The number of hydrogen-bond acceptors (Lipinski definition) is 13. The zero-order valence-electron chi connectivity index (χ0n) is 50.2. The van der Waals surface area contributed by atoms with E-state index in [1.54, 1.807) is 46.4 Å². The molecule has 0 saturated carbocycles. The molecule has 3 saturated heterocycles. The Balaban J connectivity index is 1.28. The van der Waals surface area contributed by atoms with E-state index in [1.165, 1.54) is 29.9 Å². The summed E-state index contributed by atoms with van der Waals surface area (Å²) < 4.78 is 32.2. The Hall–Kier alpha value is -2.50. The summed E-state index contributed by atoms with van der Waals surface area (Å²) in [6.07, 6.45) is -2.88. The average molecular weight is 1210 g/mol. The topological polar surface area (TPSA) is 188 Å². The summed E-state index contributed by atoms with van der Waals surface area (Å²) in [6, 6.07) is 23.2. The number of rotatable bonds is 17. The molecule has 0 aromatic heterocycles. The molecular weight excluding hydrogens is 1110 g/mol. The van der Waals surface area contributed by atoms with Gasteiger partial charge < -0.3 is 49.0 Å². The minimum Gasteiger partial charge on any atom is -0.383 e. The van der Waals surface area contributed by atoms with Gasteiger partial charge in [-0.25, -0.2) is 0 Å². The summed E-state index contributed by atoms with van der Waals surface area (Å²) in [5.41, 5.74) is -4.80. The average Bonchev–Trinajstić information content (AvgIpc) is 3.41. The van der Waals surface area contributed by atoms with Gasteiger partial charge in [0.05, 0.1) is 41.5 Å². The number of aliphatic hydroxyl groups is 5. The van der Waals surface area contributed by atoms with Crippen molar-refractivity contribution in [2.75, 3.05) is 33.9 Å². The number of esters is 1. The maximum absolute atomic E-state index is 14.9. The van der Waals surface area contributed by atoms with Crippen LogP contribution in [0.2, 0.25) is 15.1 Å². The first-order chi connectivity index (χ1) is 38.0. The number of ether oxygens (including phenoxy) is 5. The van der Waals surface area contributed by atoms with E-state index >= 15 is 0 Å². The molecule has 1 amide bonds. The number of unbranched alkanes of at least 4 members (excludes halogenated alkanes) is 4.